The van der Waals surface area contributed by atoms with Crippen LogP contribution >= 0.6 is 11.3 Å². The number of pyridine rings is 1. The molecule has 3 aromatic rings. The van der Waals surface area contributed by atoms with E-state index in [2.05, 4.69) is 23.7 Å². The van der Waals surface area contributed by atoms with Crippen molar-refractivity contribution in [3.05, 3.63) is 35.0 Å². The normalized spacial score (nSPS) is 15.5. The van der Waals surface area contributed by atoms with E-state index >= 15 is 0 Å². The van der Waals surface area contributed by atoms with Gasteiger partial charge in [0.1, 0.15) is 10.6 Å². The van der Waals surface area contributed by atoms with Gasteiger partial charge in [-0.05, 0) is 44.4 Å². The molecule has 0 saturated carbocycles. The molecule has 3 aromatic heterocycles. The van der Waals surface area contributed by atoms with Crippen molar-refractivity contribution in [3.63, 3.8) is 0 Å². The van der Waals surface area contributed by atoms with Gasteiger partial charge in [-0.1, -0.05) is 0 Å². The summed E-state index contributed by atoms with van der Waals surface area (Å²) in [4.78, 5) is 29.9. The van der Waals surface area contributed by atoms with Crippen LogP contribution in [0.2, 0.25) is 0 Å². The van der Waals surface area contributed by atoms with Crippen LogP contribution in [0.5, 0.6) is 0 Å². The number of fused-ring (bicyclic) bond motifs is 1. The molecule has 2 N–H and O–H groups in total. The number of carbonyl (C=O) groups is 1. The van der Waals surface area contributed by atoms with Crippen LogP contribution in [-0.4, -0.2) is 33.9 Å². The van der Waals surface area contributed by atoms with E-state index in [1.165, 1.54) is 10.4 Å². The molecule has 1 amide bonds. The molecule has 0 radical (unpaired) electrons. The zero-order chi connectivity index (χ0) is 18.3. The summed E-state index contributed by atoms with van der Waals surface area (Å²) in [7, 11) is 0. The van der Waals surface area contributed by atoms with Crippen LogP contribution in [0.1, 0.15) is 23.3 Å². The molecule has 7 heteroatoms. The van der Waals surface area contributed by atoms with E-state index in [0.717, 1.165) is 47.5 Å². The molecule has 0 bridgehead atoms. The van der Waals surface area contributed by atoms with E-state index in [4.69, 9.17) is 15.7 Å². The van der Waals surface area contributed by atoms with E-state index in [1.54, 1.807) is 23.7 Å². The molecule has 0 aromatic carbocycles. The van der Waals surface area contributed by atoms with Crippen molar-refractivity contribution in [2.75, 3.05) is 18.0 Å². The summed E-state index contributed by atoms with van der Waals surface area (Å²) in [5, 5.41) is 1.12. The van der Waals surface area contributed by atoms with Gasteiger partial charge in [0.2, 0.25) is 5.91 Å². The van der Waals surface area contributed by atoms with Gasteiger partial charge < -0.3 is 10.6 Å². The Morgan fingerprint density at radius 3 is 2.69 bits per heavy atom. The van der Waals surface area contributed by atoms with Crippen LogP contribution in [0.15, 0.2) is 24.5 Å². The van der Waals surface area contributed by atoms with Crippen molar-refractivity contribution in [1.82, 2.24) is 15.0 Å². The number of carbonyl (C=O) groups excluding carboxylic acids is 1. The number of nitrogens with two attached hydrogens (primary N) is 1. The van der Waals surface area contributed by atoms with Crippen LogP contribution < -0.4 is 10.6 Å². The second-order valence-corrected chi connectivity index (χ2v) is 7.94. The maximum Gasteiger partial charge on any atom is 0.220 e. The van der Waals surface area contributed by atoms with Gasteiger partial charge in [0.15, 0.2) is 5.82 Å². The Hall–Kier alpha value is -2.54. The van der Waals surface area contributed by atoms with Gasteiger partial charge >= 0.3 is 0 Å². The number of primary amides is 1. The molecule has 1 aliphatic heterocycles. The predicted octanol–water partition coefficient (Wildman–Crippen LogP) is 3.07. The summed E-state index contributed by atoms with van der Waals surface area (Å²) in [5.41, 5.74) is 7.62. The minimum Gasteiger partial charge on any atom is -0.369 e. The van der Waals surface area contributed by atoms with E-state index in [9.17, 15) is 4.79 Å². The fraction of sp³-hybridized carbons (Fsp3) is 0.368. The summed E-state index contributed by atoms with van der Waals surface area (Å²) in [6.07, 6.45) is 5.07. The third kappa shape index (κ3) is 2.92. The Kier molecular flexibility index (Phi) is 4.32. The van der Waals surface area contributed by atoms with Crippen molar-refractivity contribution in [2.45, 2.75) is 26.7 Å². The number of thiophene rings is 1. The van der Waals surface area contributed by atoms with E-state index < -0.39 is 0 Å². The molecule has 0 unspecified atom stereocenters. The highest BCUT2D eigenvalue weighted by Gasteiger charge is 2.26. The number of aromatic nitrogens is 3. The highest BCUT2D eigenvalue weighted by molar-refractivity contribution is 7.18. The topological polar surface area (TPSA) is 85.0 Å². The number of anilines is 1. The largest absolute Gasteiger partial charge is 0.369 e. The Bertz CT molecular complexity index is 961. The van der Waals surface area contributed by atoms with Gasteiger partial charge in [-0.2, -0.15) is 0 Å². The lowest BCUT2D eigenvalue weighted by Gasteiger charge is -2.32. The van der Waals surface area contributed by atoms with E-state index in [0.29, 0.717) is 5.82 Å². The van der Waals surface area contributed by atoms with Crippen LogP contribution in [0.4, 0.5) is 5.82 Å². The zero-order valence-corrected chi connectivity index (χ0v) is 15.7. The second-order valence-electron chi connectivity index (χ2n) is 6.74. The summed E-state index contributed by atoms with van der Waals surface area (Å²) in [6, 6.07) is 3.87. The number of aryl methyl sites for hydroxylation is 2. The average molecular weight is 367 g/mol. The first-order valence-corrected chi connectivity index (χ1v) is 9.58. The number of nitrogens with zero attached hydrogens (tertiary/aromatic N) is 4. The average Bonchev–Trinajstić information content (AvgIpc) is 2.96. The van der Waals surface area contributed by atoms with E-state index in [1.807, 2.05) is 12.1 Å². The van der Waals surface area contributed by atoms with Crippen molar-refractivity contribution in [2.24, 2.45) is 11.7 Å². The summed E-state index contributed by atoms with van der Waals surface area (Å²) in [6.45, 7) is 5.80. The Labute approximate surface area is 156 Å². The van der Waals surface area contributed by atoms with E-state index in [-0.39, 0.29) is 11.8 Å². The van der Waals surface area contributed by atoms with Gasteiger partial charge in [0.05, 0.1) is 5.39 Å². The van der Waals surface area contributed by atoms with Gasteiger partial charge in [-0.25, -0.2) is 9.97 Å². The predicted molar refractivity (Wildman–Crippen MR) is 104 cm³/mol. The Balaban J connectivity index is 1.81. The van der Waals surface area contributed by atoms with Crippen molar-refractivity contribution in [1.29, 1.82) is 0 Å². The summed E-state index contributed by atoms with van der Waals surface area (Å²) < 4.78 is 0. The number of piperidine rings is 1. The smallest absolute Gasteiger partial charge is 0.220 e. The van der Waals surface area contributed by atoms with Gasteiger partial charge in [0.25, 0.3) is 0 Å². The summed E-state index contributed by atoms with van der Waals surface area (Å²) >= 11 is 1.70. The van der Waals surface area contributed by atoms with Crippen molar-refractivity contribution in [3.8, 4) is 11.4 Å². The van der Waals surface area contributed by atoms with Gasteiger partial charge in [-0.3, -0.25) is 9.78 Å². The second kappa shape index (κ2) is 6.64. The molecule has 0 aliphatic carbocycles. The molecule has 0 spiro atoms. The van der Waals surface area contributed by atoms with Gasteiger partial charge in [0, 0.05) is 41.8 Å². The maximum atomic E-state index is 11.5. The molecule has 6 nitrogen and oxygen atoms in total. The zero-order valence-electron chi connectivity index (χ0n) is 14.9. The molecule has 1 fully saturated rings. The third-order valence-corrected chi connectivity index (χ3v) is 6.23. The lowest BCUT2D eigenvalue weighted by Crippen LogP contribution is -2.39. The minimum absolute atomic E-state index is 0.0355. The van der Waals surface area contributed by atoms with Crippen molar-refractivity contribution < 1.29 is 4.79 Å². The van der Waals surface area contributed by atoms with Crippen LogP contribution in [0.25, 0.3) is 21.6 Å². The fourth-order valence-corrected chi connectivity index (χ4v) is 4.48. The minimum atomic E-state index is -0.198. The molecule has 1 saturated heterocycles. The first kappa shape index (κ1) is 16.9. The fourth-order valence-electron chi connectivity index (χ4n) is 3.46. The monoisotopic (exact) mass is 367 g/mol. The molecule has 26 heavy (non-hydrogen) atoms. The molecule has 0 atom stereocenters. The van der Waals surface area contributed by atoms with Crippen LogP contribution in [0.3, 0.4) is 0 Å². The number of hydrogen-bond donors (Lipinski definition) is 1. The van der Waals surface area contributed by atoms with Crippen LogP contribution in [-0.2, 0) is 4.79 Å². The molecule has 4 rings (SSSR count). The quantitative estimate of drug-likeness (QED) is 0.769. The molecule has 134 valence electrons. The SMILES string of the molecule is Cc1sc2nc(-c3cccnc3)nc(N3CCC(C(N)=O)CC3)c2c1C. The summed E-state index contributed by atoms with van der Waals surface area (Å²) in [5.74, 6) is 1.42. The molecular weight excluding hydrogens is 346 g/mol. The molecule has 1 aliphatic rings. The number of amides is 1. The maximum absolute atomic E-state index is 11.5. The Morgan fingerprint density at radius 2 is 2.04 bits per heavy atom. The van der Waals surface area contributed by atoms with Crippen LogP contribution in [0, 0.1) is 19.8 Å². The first-order valence-electron chi connectivity index (χ1n) is 8.77. The third-order valence-electron chi connectivity index (χ3n) is 5.13. The lowest BCUT2D eigenvalue weighted by molar-refractivity contribution is -0.122. The lowest BCUT2D eigenvalue weighted by atomic mass is 9.96. The number of hydrogen-bond acceptors (Lipinski definition) is 6. The standard InChI is InChI=1S/C19H21N5OS/c1-11-12(2)26-19-15(11)18(24-8-5-13(6-9-24)16(20)25)22-17(23-19)14-4-3-7-21-10-14/h3-4,7,10,13H,5-6,8-9H2,1-2H3,(H2,20,25). The molecule has 4 heterocycles. The first-order chi connectivity index (χ1) is 12.5. The number of rotatable bonds is 3. The van der Waals surface area contributed by atoms with Crippen molar-refractivity contribution >= 4 is 33.3 Å². The Morgan fingerprint density at radius 1 is 1.27 bits per heavy atom. The van der Waals surface area contributed by atoms with Gasteiger partial charge in [-0.15, -0.1) is 11.3 Å². The molecular formula is C19H21N5OS. The highest BCUT2D eigenvalue weighted by atomic mass is 32.1. The highest BCUT2D eigenvalue weighted by Crippen LogP contribution is 2.37.